The van der Waals surface area contributed by atoms with E-state index in [9.17, 15) is 14.8 Å². The monoisotopic (exact) mass is 345 g/mol. The minimum absolute atomic E-state index is 0.244. The summed E-state index contributed by atoms with van der Waals surface area (Å²) in [7, 11) is 0. The summed E-state index contributed by atoms with van der Waals surface area (Å²) >= 11 is 1.43. The maximum atomic E-state index is 12.3. The smallest absolute Gasteiger partial charge is 0.339 e. The highest BCUT2D eigenvalue weighted by molar-refractivity contribution is 7.18. The summed E-state index contributed by atoms with van der Waals surface area (Å²) in [5.74, 6) is -0.304. The lowest BCUT2D eigenvalue weighted by atomic mass is 10.2. The summed E-state index contributed by atoms with van der Waals surface area (Å²) in [4.78, 5) is 33.1. The molecular formula is C16H15N3O4S. The predicted octanol–water partition coefficient (Wildman–Crippen LogP) is 2.15. The minimum atomic E-state index is -0.725. The third-order valence-electron chi connectivity index (χ3n) is 3.76. The average Bonchev–Trinajstić information content (AvgIpc) is 2.82. The molecule has 124 valence electrons. The van der Waals surface area contributed by atoms with Gasteiger partial charge in [0.1, 0.15) is 4.83 Å². The molecule has 7 nitrogen and oxygen atoms in total. The lowest BCUT2D eigenvalue weighted by Crippen LogP contribution is -2.24. The van der Waals surface area contributed by atoms with E-state index >= 15 is 0 Å². The number of hydrogen-bond acceptors (Lipinski definition) is 6. The molecule has 0 aliphatic heterocycles. The van der Waals surface area contributed by atoms with E-state index < -0.39 is 12.1 Å². The molecule has 8 heteroatoms. The van der Waals surface area contributed by atoms with Gasteiger partial charge in [-0.1, -0.05) is 0 Å². The largest absolute Gasteiger partial charge is 0.619 e. The Labute approximate surface area is 141 Å². The van der Waals surface area contributed by atoms with Crippen LogP contribution in [0.1, 0.15) is 39.7 Å². The summed E-state index contributed by atoms with van der Waals surface area (Å²) in [5.41, 5.74) is 0.919. The van der Waals surface area contributed by atoms with Gasteiger partial charge in [0.2, 0.25) is 0 Å². The molecule has 0 aliphatic rings. The number of fused-ring (bicyclic) bond motifs is 1. The summed E-state index contributed by atoms with van der Waals surface area (Å²) in [5, 5.41) is 11.6. The van der Waals surface area contributed by atoms with Gasteiger partial charge < -0.3 is 14.9 Å². The van der Waals surface area contributed by atoms with Crippen molar-refractivity contribution < 1.29 is 14.3 Å². The van der Waals surface area contributed by atoms with Crippen molar-refractivity contribution in [2.24, 2.45) is 0 Å². The molecule has 0 unspecified atom stereocenters. The normalized spacial score (nSPS) is 12.3. The third-order valence-corrected chi connectivity index (χ3v) is 4.87. The number of H-pyrrole nitrogens is 1. The molecule has 0 fully saturated rings. The van der Waals surface area contributed by atoms with Gasteiger partial charge in [0, 0.05) is 17.0 Å². The molecule has 1 atom stereocenters. The Morgan fingerprint density at radius 1 is 1.38 bits per heavy atom. The Bertz CT molecular complexity index is 975. The van der Waals surface area contributed by atoms with Crippen molar-refractivity contribution in [1.29, 1.82) is 0 Å². The first-order valence-corrected chi connectivity index (χ1v) is 8.08. The number of nitrogens with zero attached hydrogens (tertiary/aromatic N) is 2. The zero-order valence-electron chi connectivity index (χ0n) is 13.3. The number of ether oxygens (including phenoxy) is 1. The minimum Gasteiger partial charge on any atom is -0.619 e. The summed E-state index contributed by atoms with van der Waals surface area (Å²) < 4.78 is 5.90. The number of carbonyl (C=O) groups is 1. The maximum absolute atomic E-state index is 12.3. The number of carbonyl (C=O) groups excluding carboxylic acids is 1. The number of rotatable bonds is 3. The fourth-order valence-electron chi connectivity index (χ4n) is 2.30. The number of nitrogens with one attached hydrogen (secondary N) is 1. The molecule has 0 saturated carbocycles. The van der Waals surface area contributed by atoms with Gasteiger partial charge in [-0.3, -0.25) is 4.79 Å². The standard InChI is InChI=1S/C16H15N3O4S/c1-8-10(3)24-15-12(8)14(20)17-13(18-15)9(2)23-16(21)11-4-6-19(22)7-5-11/h4-7,9H,1-3H3,(H,17,18,20)/t9-/m0/s1. The maximum Gasteiger partial charge on any atom is 0.339 e. The first-order valence-electron chi connectivity index (χ1n) is 7.26. The molecule has 0 saturated heterocycles. The summed E-state index contributed by atoms with van der Waals surface area (Å²) in [6, 6.07) is 2.74. The van der Waals surface area contributed by atoms with Crippen LogP contribution in [0.3, 0.4) is 0 Å². The van der Waals surface area contributed by atoms with Crippen LogP contribution in [0.15, 0.2) is 29.3 Å². The molecule has 0 radical (unpaired) electrons. The van der Waals surface area contributed by atoms with Gasteiger partial charge in [-0.05, 0) is 26.3 Å². The van der Waals surface area contributed by atoms with Gasteiger partial charge >= 0.3 is 5.97 Å². The molecular weight excluding hydrogens is 330 g/mol. The second-order valence-corrected chi connectivity index (χ2v) is 6.61. The van der Waals surface area contributed by atoms with Crippen LogP contribution in [0, 0.1) is 19.1 Å². The molecule has 3 aromatic heterocycles. The van der Waals surface area contributed by atoms with E-state index in [4.69, 9.17) is 4.74 Å². The van der Waals surface area contributed by atoms with Crippen molar-refractivity contribution >= 4 is 27.5 Å². The van der Waals surface area contributed by atoms with Crippen LogP contribution in [-0.4, -0.2) is 15.9 Å². The number of aromatic nitrogens is 3. The van der Waals surface area contributed by atoms with E-state index in [-0.39, 0.29) is 16.9 Å². The number of thiophene rings is 1. The lowest BCUT2D eigenvalue weighted by Gasteiger charge is -2.12. The van der Waals surface area contributed by atoms with Crippen molar-refractivity contribution in [2.45, 2.75) is 26.9 Å². The topological polar surface area (TPSA) is 99.0 Å². The zero-order chi connectivity index (χ0) is 17.4. The van der Waals surface area contributed by atoms with Gasteiger partial charge in [0.25, 0.3) is 5.56 Å². The highest BCUT2D eigenvalue weighted by Gasteiger charge is 2.19. The van der Waals surface area contributed by atoms with Gasteiger partial charge in [-0.15, -0.1) is 11.3 Å². The fourth-order valence-corrected chi connectivity index (χ4v) is 3.33. The van der Waals surface area contributed by atoms with E-state index in [1.807, 2.05) is 13.8 Å². The van der Waals surface area contributed by atoms with Crippen molar-refractivity contribution in [2.75, 3.05) is 0 Å². The number of esters is 1. The van der Waals surface area contributed by atoms with Crippen LogP contribution in [0.2, 0.25) is 0 Å². The predicted molar refractivity (Wildman–Crippen MR) is 88.9 cm³/mol. The van der Waals surface area contributed by atoms with E-state index in [1.54, 1.807) is 6.92 Å². The summed E-state index contributed by atoms with van der Waals surface area (Å²) in [6.07, 6.45) is 1.70. The van der Waals surface area contributed by atoms with Gasteiger partial charge in [0.15, 0.2) is 24.3 Å². The Kier molecular flexibility index (Phi) is 4.06. The van der Waals surface area contributed by atoms with Crippen LogP contribution in [0.5, 0.6) is 0 Å². The van der Waals surface area contributed by atoms with Crippen LogP contribution in [-0.2, 0) is 4.74 Å². The van der Waals surface area contributed by atoms with E-state index in [0.717, 1.165) is 10.4 Å². The molecule has 0 aromatic carbocycles. The Morgan fingerprint density at radius 3 is 2.71 bits per heavy atom. The van der Waals surface area contributed by atoms with Crippen LogP contribution in [0.25, 0.3) is 10.2 Å². The number of pyridine rings is 1. The van der Waals surface area contributed by atoms with Gasteiger partial charge in [0.05, 0.1) is 10.9 Å². The molecule has 1 N–H and O–H groups in total. The molecule has 0 bridgehead atoms. The number of aromatic amines is 1. The second kappa shape index (κ2) is 6.04. The molecule has 0 aliphatic carbocycles. The molecule has 3 aromatic rings. The van der Waals surface area contributed by atoms with E-state index in [1.165, 1.54) is 35.9 Å². The first kappa shape index (κ1) is 16.1. The Morgan fingerprint density at radius 2 is 2.04 bits per heavy atom. The van der Waals surface area contributed by atoms with E-state index in [0.29, 0.717) is 14.9 Å². The van der Waals surface area contributed by atoms with Crippen LogP contribution < -0.4 is 10.3 Å². The SMILES string of the molecule is Cc1sc2nc([C@H](C)OC(=O)c3cc[n+]([O-])cc3)[nH]c(=O)c2c1C. The summed E-state index contributed by atoms with van der Waals surface area (Å²) in [6.45, 7) is 5.44. The third kappa shape index (κ3) is 2.88. The highest BCUT2D eigenvalue weighted by atomic mass is 32.1. The van der Waals surface area contributed by atoms with Crippen molar-refractivity contribution in [1.82, 2.24) is 9.97 Å². The molecule has 3 heterocycles. The number of hydrogen-bond donors (Lipinski definition) is 1. The average molecular weight is 345 g/mol. The molecule has 0 spiro atoms. The van der Waals surface area contributed by atoms with E-state index in [2.05, 4.69) is 9.97 Å². The molecule has 0 amide bonds. The van der Waals surface area contributed by atoms with Crippen molar-refractivity contribution in [3.05, 3.63) is 61.9 Å². The zero-order valence-corrected chi connectivity index (χ0v) is 14.1. The quantitative estimate of drug-likeness (QED) is 0.445. The van der Waals surface area contributed by atoms with Crippen molar-refractivity contribution in [3.8, 4) is 0 Å². The van der Waals surface area contributed by atoms with Crippen LogP contribution in [0.4, 0.5) is 0 Å². The fraction of sp³-hybridized carbons (Fsp3) is 0.250. The second-order valence-electron chi connectivity index (χ2n) is 5.41. The number of aryl methyl sites for hydroxylation is 2. The van der Waals surface area contributed by atoms with Crippen LogP contribution >= 0.6 is 11.3 Å². The first-order chi connectivity index (χ1) is 11.4. The van der Waals surface area contributed by atoms with Crippen molar-refractivity contribution in [3.63, 3.8) is 0 Å². The highest BCUT2D eigenvalue weighted by Crippen LogP contribution is 2.27. The lowest BCUT2D eigenvalue weighted by molar-refractivity contribution is -0.605. The molecule has 24 heavy (non-hydrogen) atoms. The Hall–Kier alpha value is -2.74. The molecule has 3 rings (SSSR count). The Balaban J connectivity index is 1.88. The van der Waals surface area contributed by atoms with Gasteiger partial charge in [-0.25, -0.2) is 9.78 Å². The van der Waals surface area contributed by atoms with Gasteiger partial charge in [-0.2, -0.15) is 4.73 Å².